The maximum atomic E-state index is 13.1. The Morgan fingerprint density at radius 2 is 0.851 bits per heavy atom. The van der Waals surface area contributed by atoms with Crippen LogP contribution in [0.3, 0.4) is 0 Å². The van der Waals surface area contributed by atoms with Crippen molar-refractivity contribution >= 4 is 59.4 Å². The summed E-state index contributed by atoms with van der Waals surface area (Å²) in [6.45, 7) is 4.10. The minimum absolute atomic E-state index is 0.497. The highest BCUT2D eigenvalue weighted by Crippen LogP contribution is 2.08. The molecule has 0 radical (unpaired) electrons. The van der Waals surface area contributed by atoms with Gasteiger partial charge in [-0.15, -0.1) is 0 Å². The van der Waals surface area contributed by atoms with Crippen LogP contribution >= 0.6 is 0 Å². The number of rotatable bonds is 22. The molecule has 6 atom stereocenters. The van der Waals surface area contributed by atoms with Crippen LogP contribution < -0.4 is 32.3 Å². The van der Waals surface area contributed by atoms with Gasteiger partial charge in [-0.1, -0.05) is 13.8 Å². The predicted molar refractivity (Wildman–Crippen MR) is 154 cm³/mol. The summed E-state index contributed by atoms with van der Waals surface area (Å²) in [5, 5.41) is 56.2. The zero-order chi connectivity index (χ0) is 36.6. The van der Waals surface area contributed by atoms with E-state index in [0.29, 0.717) is 0 Å². The third kappa shape index (κ3) is 16.5. The van der Waals surface area contributed by atoms with Gasteiger partial charge in [-0.25, -0.2) is 4.79 Å². The van der Waals surface area contributed by atoms with E-state index in [-0.39, 0.29) is 0 Å². The van der Waals surface area contributed by atoms with Crippen molar-refractivity contribution in [1.82, 2.24) is 26.6 Å². The fourth-order valence-electron chi connectivity index (χ4n) is 3.73. The fraction of sp³-hybridized carbons (Fsp3) is 0.615. The molecule has 0 aromatic rings. The summed E-state index contributed by atoms with van der Waals surface area (Å²) in [7, 11) is 0. The number of aliphatic carboxylic acids is 5. The highest BCUT2D eigenvalue weighted by atomic mass is 16.4. The molecule has 0 rings (SSSR count). The Morgan fingerprint density at radius 1 is 0.489 bits per heavy atom. The molecule has 0 aromatic heterocycles. The summed E-state index contributed by atoms with van der Waals surface area (Å²) in [6.07, 6.45) is -4.48. The van der Waals surface area contributed by atoms with Crippen molar-refractivity contribution < 1.29 is 73.5 Å². The lowest BCUT2D eigenvalue weighted by Crippen LogP contribution is -2.60. The minimum Gasteiger partial charge on any atom is -0.481 e. The van der Waals surface area contributed by atoms with Gasteiger partial charge in [-0.3, -0.25) is 43.2 Å². The maximum Gasteiger partial charge on any atom is 0.326 e. The number of carbonyl (C=O) groups is 10. The molecule has 0 aromatic carbocycles. The zero-order valence-corrected chi connectivity index (χ0v) is 25.7. The first-order valence-corrected chi connectivity index (χ1v) is 14.0. The topological polar surface area (TPSA) is 358 Å². The lowest BCUT2D eigenvalue weighted by atomic mass is 10.0. The molecule has 0 unspecified atom stereocenters. The summed E-state index contributed by atoms with van der Waals surface area (Å²) in [5.41, 5.74) is 5.45. The van der Waals surface area contributed by atoms with Crippen molar-refractivity contribution in [2.45, 2.75) is 95.5 Å². The van der Waals surface area contributed by atoms with Gasteiger partial charge in [0, 0.05) is 12.8 Å². The Hall–Kier alpha value is -5.34. The first-order valence-electron chi connectivity index (χ1n) is 14.0. The number of hydrogen-bond acceptors (Lipinski definition) is 11. The Labute approximate surface area is 267 Å². The van der Waals surface area contributed by atoms with E-state index in [4.69, 9.17) is 15.9 Å². The number of nitrogens with one attached hydrogen (secondary N) is 5. The average Bonchev–Trinajstić information content (AvgIpc) is 2.93. The number of carbonyl (C=O) groups excluding carboxylic acids is 5. The van der Waals surface area contributed by atoms with Crippen LogP contribution in [0.15, 0.2) is 0 Å². The lowest BCUT2D eigenvalue weighted by Gasteiger charge is -2.27. The zero-order valence-electron chi connectivity index (χ0n) is 25.7. The molecule has 0 spiro atoms. The first-order chi connectivity index (χ1) is 21.7. The first kappa shape index (κ1) is 41.7. The van der Waals surface area contributed by atoms with Gasteiger partial charge in [-0.2, -0.15) is 0 Å². The molecule has 0 bridgehead atoms. The molecule has 0 fully saturated rings. The molecule has 47 heavy (non-hydrogen) atoms. The van der Waals surface area contributed by atoms with Crippen LogP contribution in [0.4, 0.5) is 0 Å². The summed E-state index contributed by atoms with van der Waals surface area (Å²) in [6, 6.07) is -9.89. The highest BCUT2D eigenvalue weighted by molar-refractivity contribution is 5.98. The van der Waals surface area contributed by atoms with Gasteiger partial charge in [0.25, 0.3) is 0 Å². The van der Waals surface area contributed by atoms with Crippen LogP contribution in [0.25, 0.3) is 0 Å². The van der Waals surface area contributed by atoms with Gasteiger partial charge >= 0.3 is 29.8 Å². The van der Waals surface area contributed by atoms with E-state index < -0.39 is 140 Å². The summed E-state index contributed by atoms with van der Waals surface area (Å²) in [4.78, 5) is 120. The largest absolute Gasteiger partial charge is 0.481 e. The molecule has 5 amide bonds. The average molecular weight is 677 g/mol. The Balaban J connectivity index is 6.07. The second kappa shape index (κ2) is 19.9. The predicted octanol–water partition coefficient (Wildman–Crippen LogP) is -3.82. The molecule has 0 saturated heterocycles. The van der Waals surface area contributed by atoms with Gasteiger partial charge in [0.1, 0.15) is 30.2 Å². The second-order valence-electron chi connectivity index (χ2n) is 10.7. The van der Waals surface area contributed by atoms with Crippen LogP contribution in [0.1, 0.15) is 59.3 Å². The molecule has 0 aliphatic rings. The third-order valence-electron chi connectivity index (χ3n) is 6.23. The monoisotopic (exact) mass is 676 g/mol. The van der Waals surface area contributed by atoms with E-state index in [1.807, 2.05) is 10.6 Å². The number of carboxylic acids is 5. The molecule has 21 nitrogen and oxygen atoms in total. The van der Waals surface area contributed by atoms with E-state index in [9.17, 15) is 63.3 Å². The molecule has 21 heteroatoms. The van der Waals surface area contributed by atoms with Crippen LogP contribution in [-0.2, 0) is 47.9 Å². The van der Waals surface area contributed by atoms with Crippen molar-refractivity contribution in [2.75, 3.05) is 0 Å². The number of carboxylic acid groups (broad SMARTS) is 5. The number of hydrogen-bond donors (Lipinski definition) is 11. The van der Waals surface area contributed by atoms with Gasteiger partial charge in [0.15, 0.2) is 0 Å². The molecular weight excluding hydrogens is 636 g/mol. The van der Waals surface area contributed by atoms with Crippen molar-refractivity contribution in [3.8, 4) is 0 Å². The van der Waals surface area contributed by atoms with Crippen LogP contribution in [0.5, 0.6) is 0 Å². The molecule has 264 valence electrons. The number of amides is 5. The Bertz CT molecular complexity index is 1220. The van der Waals surface area contributed by atoms with Crippen molar-refractivity contribution in [3.05, 3.63) is 0 Å². The van der Waals surface area contributed by atoms with E-state index in [0.717, 1.165) is 0 Å². The molecular formula is C26H40N6O15. The standard InChI is InChI=1S/C26H40N6O15/c1-10(2)20(25(45)29-13(26(46)47)5-7-17(35)36)32-24(44)15(9-19(39)40)31-23(43)14(8-18(37)38)30-22(42)12(4-6-16(33)34)28-21(41)11(3)27/h10-15,20H,4-9,27H2,1-3H3,(H,28,41)(H,29,45)(H,30,42)(H,31,43)(H,32,44)(H,33,34)(H,35,36)(H,37,38)(H,39,40)(H,46,47)/t11-,12-,13-,14-,15-,20-/m0/s1. The minimum atomic E-state index is -1.99. The summed E-state index contributed by atoms with van der Waals surface area (Å²) < 4.78 is 0. The van der Waals surface area contributed by atoms with Gasteiger partial charge in [-0.05, 0) is 25.7 Å². The summed E-state index contributed by atoms with van der Waals surface area (Å²) >= 11 is 0. The van der Waals surface area contributed by atoms with Gasteiger partial charge in [0.05, 0.1) is 18.9 Å². The summed E-state index contributed by atoms with van der Waals surface area (Å²) in [5.74, 6) is -14.1. The van der Waals surface area contributed by atoms with E-state index in [2.05, 4.69) is 16.0 Å². The quantitative estimate of drug-likeness (QED) is 0.0523. The van der Waals surface area contributed by atoms with Crippen LogP contribution in [-0.4, -0.2) is 121 Å². The lowest BCUT2D eigenvalue weighted by molar-refractivity contribution is -0.144. The van der Waals surface area contributed by atoms with Gasteiger partial charge in [0.2, 0.25) is 29.5 Å². The molecule has 0 aliphatic carbocycles. The molecule has 12 N–H and O–H groups in total. The normalized spacial score (nSPS) is 14.6. The van der Waals surface area contributed by atoms with Crippen molar-refractivity contribution in [1.29, 1.82) is 0 Å². The SMILES string of the molecule is CC(C)[C@H](NC(=O)[C@H](CC(=O)O)NC(=O)[C@H](CC(=O)O)NC(=O)[C@H](CCC(=O)O)NC(=O)[C@H](C)N)C(=O)N[C@@H](CCC(=O)O)C(=O)O. The van der Waals surface area contributed by atoms with E-state index in [1.165, 1.54) is 20.8 Å². The molecule has 0 saturated carbocycles. The highest BCUT2D eigenvalue weighted by Gasteiger charge is 2.35. The van der Waals surface area contributed by atoms with Crippen LogP contribution in [0.2, 0.25) is 0 Å². The Morgan fingerprint density at radius 3 is 1.21 bits per heavy atom. The van der Waals surface area contributed by atoms with E-state index >= 15 is 0 Å². The third-order valence-corrected chi connectivity index (χ3v) is 6.23. The molecule has 0 aliphatic heterocycles. The Kier molecular flexibility index (Phi) is 17.7. The maximum absolute atomic E-state index is 13.1. The second-order valence-corrected chi connectivity index (χ2v) is 10.7. The number of nitrogens with two attached hydrogens (primary N) is 1. The van der Waals surface area contributed by atoms with Gasteiger partial charge < -0.3 is 57.9 Å². The van der Waals surface area contributed by atoms with E-state index in [1.54, 1.807) is 0 Å². The molecule has 0 heterocycles. The fourth-order valence-corrected chi connectivity index (χ4v) is 3.73. The van der Waals surface area contributed by atoms with Crippen molar-refractivity contribution in [3.63, 3.8) is 0 Å². The smallest absolute Gasteiger partial charge is 0.326 e. The van der Waals surface area contributed by atoms with Crippen LogP contribution in [0, 0.1) is 5.92 Å². The van der Waals surface area contributed by atoms with Crippen molar-refractivity contribution in [2.24, 2.45) is 11.7 Å².